The lowest BCUT2D eigenvalue weighted by Gasteiger charge is -2.11. The molecule has 0 aliphatic rings. The summed E-state index contributed by atoms with van der Waals surface area (Å²) in [6, 6.07) is 11.6. The summed E-state index contributed by atoms with van der Waals surface area (Å²) in [6.45, 7) is 0.230. The molecule has 0 aliphatic heterocycles. The minimum absolute atomic E-state index is 0.189. The SMILES string of the molecule is COCn1ccc(=O)cc1C(=O)c1ccccc1. The van der Waals surface area contributed by atoms with E-state index in [1.165, 1.54) is 19.2 Å². The van der Waals surface area contributed by atoms with Gasteiger partial charge >= 0.3 is 0 Å². The summed E-state index contributed by atoms with van der Waals surface area (Å²) in [5.74, 6) is -0.189. The molecule has 0 atom stereocenters. The third-order valence-corrected chi connectivity index (χ3v) is 2.54. The zero-order valence-electron chi connectivity index (χ0n) is 10.00. The molecule has 1 aromatic carbocycles. The van der Waals surface area contributed by atoms with Crippen LogP contribution in [0.15, 0.2) is 53.5 Å². The van der Waals surface area contributed by atoms with Crippen LogP contribution in [0.1, 0.15) is 16.1 Å². The third-order valence-electron chi connectivity index (χ3n) is 2.54. The van der Waals surface area contributed by atoms with E-state index in [1.807, 2.05) is 6.07 Å². The number of carbonyl (C=O) groups is 1. The maximum absolute atomic E-state index is 12.3. The fourth-order valence-electron chi connectivity index (χ4n) is 1.69. The second-order valence-electron chi connectivity index (χ2n) is 3.83. The number of carbonyl (C=O) groups excluding carboxylic acids is 1. The van der Waals surface area contributed by atoms with E-state index in [1.54, 1.807) is 35.0 Å². The number of nitrogens with zero attached hydrogens (tertiary/aromatic N) is 1. The van der Waals surface area contributed by atoms with E-state index in [9.17, 15) is 9.59 Å². The predicted octanol–water partition coefficient (Wildman–Crippen LogP) is 1.68. The molecular weight excluding hydrogens is 230 g/mol. The molecule has 0 saturated heterocycles. The molecule has 0 amide bonds. The molecule has 2 rings (SSSR count). The van der Waals surface area contributed by atoms with Crippen LogP contribution in [0.5, 0.6) is 0 Å². The molecular formula is C14H13NO3. The lowest BCUT2D eigenvalue weighted by Crippen LogP contribution is -2.17. The van der Waals surface area contributed by atoms with Crippen molar-refractivity contribution in [3.63, 3.8) is 0 Å². The van der Waals surface area contributed by atoms with Crippen molar-refractivity contribution in [2.45, 2.75) is 6.73 Å². The zero-order valence-corrected chi connectivity index (χ0v) is 10.00. The van der Waals surface area contributed by atoms with E-state index in [-0.39, 0.29) is 17.9 Å². The minimum Gasteiger partial charge on any atom is -0.364 e. The molecule has 92 valence electrons. The fraction of sp³-hybridized carbons (Fsp3) is 0.143. The highest BCUT2D eigenvalue weighted by Gasteiger charge is 2.12. The van der Waals surface area contributed by atoms with Crippen LogP contribution < -0.4 is 5.43 Å². The summed E-state index contributed by atoms with van der Waals surface area (Å²) in [7, 11) is 1.54. The van der Waals surface area contributed by atoms with Gasteiger partial charge in [0.25, 0.3) is 0 Å². The summed E-state index contributed by atoms with van der Waals surface area (Å²) in [4.78, 5) is 23.7. The first-order valence-electron chi connectivity index (χ1n) is 5.51. The van der Waals surface area contributed by atoms with Gasteiger partial charge in [0, 0.05) is 31.0 Å². The van der Waals surface area contributed by atoms with Crippen LogP contribution in [-0.2, 0) is 11.5 Å². The van der Waals surface area contributed by atoms with Gasteiger partial charge in [-0.15, -0.1) is 0 Å². The van der Waals surface area contributed by atoms with E-state index in [2.05, 4.69) is 0 Å². The minimum atomic E-state index is -0.193. The first-order valence-corrected chi connectivity index (χ1v) is 5.51. The second kappa shape index (κ2) is 5.42. The highest BCUT2D eigenvalue weighted by atomic mass is 16.5. The van der Waals surface area contributed by atoms with Crippen molar-refractivity contribution < 1.29 is 9.53 Å². The molecule has 0 N–H and O–H groups in total. The largest absolute Gasteiger partial charge is 0.364 e. The Balaban J connectivity index is 2.47. The van der Waals surface area contributed by atoms with Crippen LogP contribution in [0.2, 0.25) is 0 Å². The van der Waals surface area contributed by atoms with Crippen molar-refractivity contribution in [2.24, 2.45) is 0 Å². The van der Waals surface area contributed by atoms with Gasteiger partial charge in [0.2, 0.25) is 5.78 Å². The Hall–Kier alpha value is -2.20. The van der Waals surface area contributed by atoms with Gasteiger partial charge in [-0.1, -0.05) is 30.3 Å². The molecule has 0 aliphatic carbocycles. The van der Waals surface area contributed by atoms with Crippen LogP contribution in [0.4, 0.5) is 0 Å². The summed E-state index contributed by atoms with van der Waals surface area (Å²) in [5, 5.41) is 0. The van der Waals surface area contributed by atoms with Crippen molar-refractivity contribution in [1.29, 1.82) is 0 Å². The topological polar surface area (TPSA) is 48.3 Å². The molecule has 4 heteroatoms. The smallest absolute Gasteiger partial charge is 0.209 e. The lowest BCUT2D eigenvalue weighted by atomic mass is 10.1. The summed E-state index contributed by atoms with van der Waals surface area (Å²) >= 11 is 0. The van der Waals surface area contributed by atoms with E-state index in [4.69, 9.17) is 4.74 Å². The number of ketones is 1. The van der Waals surface area contributed by atoms with Gasteiger partial charge < -0.3 is 9.30 Å². The number of aromatic nitrogens is 1. The molecule has 0 unspecified atom stereocenters. The quantitative estimate of drug-likeness (QED) is 0.768. The maximum atomic E-state index is 12.3. The Morgan fingerprint density at radius 1 is 1.22 bits per heavy atom. The van der Waals surface area contributed by atoms with Crippen molar-refractivity contribution in [2.75, 3.05) is 7.11 Å². The monoisotopic (exact) mass is 243 g/mol. The Labute approximate surface area is 104 Å². The Kier molecular flexibility index (Phi) is 3.69. The van der Waals surface area contributed by atoms with Crippen LogP contribution in [-0.4, -0.2) is 17.5 Å². The van der Waals surface area contributed by atoms with Crippen LogP contribution in [0.3, 0.4) is 0 Å². The van der Waals surface area contributed by atoms with Gasteiger partial charge in [0.15, 0.2) is 5.43 Å². The third kappa shape index (κ3) is 2.55. The van der Waals surface area contributed by atoms with Crippen molar-refractivity contribution in [3.05, 3.63) is 70.1 Å². The van der Waals surface area contributed by atoms with E-state index in [0.717, 1.165) is 0 Å². The highest BCUT2D eigenvalue weighted by molar-refractivity contribution is 6.07. The van der Waals surface area contributed by atoms with Crippen molar-refractivity contribution in [1.82, 2.24) is 4.57 Å². The number of hydrogen-bond acceptors (Lipinski definition) is 3. The van der Waals surface area contributed by atoms with Gasteiger partial charge in [0.05, 0.1) is 5.69 Å². The molecule has 1 heterocycles. The zero-order chi connectivity index (χ0) is 13.0. The fourth-order valence-corrected chi connectivity index (χ4v) is 1.69. The number of hydrogen-bond donors (Lipinski definition) is 0. The van der Waals surface area contributed by atoms with E-state index < -0.39 is 0 Å². The average molecular weight is 243 g/mol. The predicted molar refractivity (Wildman–Crippen MR) is 67.6 cm³/mol. The molecule has 2 aromatic rings. The van der Waals surface area contributed by atoms with Gasteiger partial charge in [0.1, 0.15) is 6.73 Å². The van der Waals surface area contributed by atoms with Gasteiger partial charge in [-0.05, 0) is 0 Å². The van der Waals surface area contributed by atoms with Crippen LogP contribution in [0, 0.1) is 0 Å². The second-order valence-corrected chi connectivity index (χ2v) is 3.83. The number of methoxy groups -OCH3 is 1. The average Bonchev–Trinajstić information content (AvgIpc) is 2.41. The van der Waals surface area contributed by atoms with Crippen LogP contribution in [0.25, 0.3) is 0 Å². The van der Waals surface area contributed by atoms with Crippen molar-refractivity contribution >= 4 is 5.78 Å². The first kappa shape index (κ1) is 12.3. The normalized spacial score (nSPS) is 10.3. The number of pyridine rings is 1. The first-order chi connectivity index (χ1) is 8.72. The number of ether oxygens (including phenoxy) is 1. The van der Waals surface area contributed by atoms with Gasteiger partial charge in [-0.3, -0.25) is 9.59 Å². The molecule has 1 aromatic heterocycles. The number of rotatable bonds is 4. The molecule has 0 fully saturated rings. The molecule has 0 spiro atoms. The Bertz CT molecular complexity index is 602. The van der Waals surface area contributed by atoms with E-state index in [0.29, 0.717) is 11.3 Å². The lowest BCUT2D eigenvalue weighted by molar-refractivity contribution is 0.0985. The Morgan fingerprint density at radius 3 is 2.61 bits per heavy atom. The molecule has 4 nitrogen and oxygen atoms in total. The van der Waals surface area contributed by atoms with Crippen LogP contribution >= 0.6 is 0 Å². The van der Waals surface area contributed by atoms with E-state index >= 15 is 0 Å². The molecule has 0 bridgehead atoms. The summed E-state index contributed by atoms with van der Waals surface area (Å²) < 4.78 is 6.61. The molecule has 18 heavy (non-hydrogen) atoms. The highest BCUT2D eigenvalue weighted by Crippen LogP contribution is 2.08. The molecule has 0 saturated carbocycles. The van der Waals surface area contributed by atoms with Gasteiger partial charge in [-0.2, -0.15) is 0 Å². The Morgan fingerprint density at radius 2 is 1.94 bits per heavy atom. The summed E-state index contributed by atoms with van der Waals surface area (Å²) in [6.07, 6.45) is 1.56. The van der Waals surface area contributed by atoms with Gasteiger partial charge in [-0.25, -0.2) is 0 Å². The molecule has 0 radical (unpaired) electrons. The van der Waals surface area contributed by atoms with Crippen molar-refractivity contribution in [3.8, 4) is 0 Å². The maximum Gasteiger partial charge on any atom is 0.209 e. The number of benzene rings is 1. The standard InChI is InChI=1S/C14H13NO3/c1-18-10-15-8-7-12(16)9-13(15)14(17)11-5-3-2-4-6-11/h2-9H,10H2,1H3. The summed E-state index contributed by atoms with van der Waals surface area (Å²) in [5.41, 5.74) is 0.685.